The first-order valence-corrected chi connectivity index (χ1v) is 4.61. The van der Waals surface area contributed by atoms with E-state index in [0.717, 1.165) is 11.1 Å². The van der Waals surface area contributed by atoms with Gasteiger partial charge in [-0.3, -0.25) is 4.79 Å². The fourth-order valence-corrected chi connectivity index (χ4v) is 1.44. The molecular formula is C13H9FO. The van der Waals surface area contributed by atoms with Crippen molar-refractivity contribution in [2.24, 2.45) is 0 Å². The van der Waals surface area contributed by atoms with E-state index in [1.807, 2.05) is 30.3 Å². The van der Waals surface area contributed by atoms with Crippen LogP contribution < -0.4 is 0 Å². The highest BCUT2D eigenvalue weighted by Gasteiger charge is 2.03. The monoisotopic (exact) mass is 200 g/mol. The topological polar surface area (TPSA) is 17.1 Å². The molecule has 0 saturated heterocycles. The summed E-state index contributed by atoms with van der Waals surface area (Å²) in [5, 5.41) is 0. The molecule has 0 radical (unpaired) electrons. The lowest BCUT2D eigenvalue weighted by Crippen LogP contribution is -1.88. The van der Waals surface area contributed by atoms with Gasteiger partial charge in [-0.2, -0.15) is 0 Å². The molecule has 0 amide bonds. The Hall–Kier alpha value is -1.96. The number of rotatable bonds is 2. The summed E-state index contributed by atoms with van der Waals surface area (Å²) >= 11 is 0. The highest BCUT2D eigenvalue weighted by atomic mass is 19.1. The molecule has 1 nitrogen and oxygen atoms in total. The largest absolute Gasteiger partial charge is 0.298 e. The van der Waals surface area contributed by atoms with E-state index in [1.165, 1.54) is 6.07 Å². The molecule has 0 fully saturated rings. The Morgan fingerprint density at radius 3 is 2.33 bits per heavy atom. The second-order valence-electron chi connectivity index (χ2n) is 3.22. The zero-order valence-electron chi connectivity index (χ0n) is 7.98. The quantitative estimate of drug-likeness (QED) is 0.680. The number of benzene rings is 2. The smallest absolute Gasteiger partial charge is 0.153 e. The average Bonchev–Trinajstić information content (AvgIpc) is 2.31. The van der Waals surface area contributed by atoms with Crippen LogP contribution in [0.3, 0.4) is 0 Å². The van der Waals surface area contributed by atoms with E-state index in [1.54, 1.807) is 12.1 Å². The van der Waals surface area contributed by atoms with Gasteiger partial charge in [0, 0.05) is 0 Å². The van der Waals surface area contributed by atoms with Crippen molar-refractivity contribution in [3.05, 3.63) is 59.9 Å². The Labute approximate surface area is 87.2 Å². The number of hydrogen-bond donors (Lipinski definition) is 0. The summed E-state index contributed by atoms with van der Waals surface area (Å²) in [7, 11) is 0. The molecule has 0 atom stereocenters. The molecule has 0 aromatic heterocycles. The lowest BCUT2D eigenvalue weighted by molar-refractivity contribution is 0.112. The van der Waals surface area contributed by atoms with Gasteiger partial charge in [0.15, 0.2) is 6.29 Å². The molecule has 2 heteroatoms. The van der Waals surface area contributed by atoms with Gasteiger partial charge in [-0.15, -0.1) is 0 Å². The van der Waals surface area contributed by atoms with Crippen molar-refractivity contribution in [3.63, 3.8) is 0 Å². The molecule has 0 aliphatic carbocycles. The van der Waals surface area contributed by atoms with Crippen molar-refractivity contribution in [2.75, 3.05) is 0 Å². The molecule has 74 valence electrons. The van der Waals surface area contributed by atoms with Crippen molar-refractivity contribution >= 4 is 6.29 Å². The molecule has 0 aliphatic rings. The number of carbonyl (C=O) groups is 1. The second kappa shape index (κ2) is 4.05. The van der Waals surface area contributed by atoms with Crippen molar-refractivity contribution < 1.29 is 9.18 Å². The van der Waals surface area contributed by atoms with E-state index in [-0.39, 0.29) is 5.56 Å². The molecule has 0 N–H and O–H groups in total. The Bertz CT molecular complexity index is 477. The van der Waals surface area contributed by atoms with Crippen LogP contribution in [0.25, 0.3) is 11.1 Å². The summed E-state index contributed by atoms with van der Waals surface area (Å²) in [6.45, 7) is 0. The fourth-order valence-electron chi connectivity index (χ4n) is 1.44. The normalized spacial score (nSPS) is 9.93. The summed E-state index contributed by atoms with van der Waals surface area (Å²) in [6, 6.07) is 14.1. The SMILES string of the molecule is O=Cc1cc(-c2ccccc2)ccc1F. The lowest BCUT2D eigenvalue weighted by atomic mass is 10.0. The molecule has 0 unspecified atom stereocenters. The van der Waals surface area contributed by atoms with Crippen LogP contribution in [0.1, 0.15) is 10.4 Å². The highest BCUT2D eigenvalue weighted by molar-refractivity contribution is 5.79. The molecule has 0 heterocycles. The molecule has 0 spiro atoms. The minimum Gasteiger partial charge on any atom is -0.298 e. The molecular weight excluding hydrogens is 191 g/mol. The summed E-state index contributed by atoms with van der Waals surface area (Å²) in [5.41, 5.74) is 1.91. The van der Waals surface area contributed by atoms with Crippen molar-refractivity contribution in [3.8, 4) is 11.1 Å². The number of hydrogen-bond acceptors (Lipinski definition) is 1. The third-order valence-corrected chi connectivity index (χ3v) is 2.23. The predicted octanol–water partition coefficient (Wildman–Crippen LogP) is 3.31. The standard InChI is InChI=1S/C13H9FO/c14-13-7-6-11(8-12(13)9-15)10-4-2-1-3-5-10/h1-9H. The van der Waals surface area contributed by atoms with Crippen LogP contribution in [0.5, 0.6) is 0 Å². The van der Waals surface area contributed by atoms with E-state index < -0.39 is 5.82 Å². The maximum absolute atomic E-state index is 13.1. The zero-order chi connectivity index (χ0) is 10.7. The summed E-state index contributed by atoms with van der Waals surface area (Å²) in [5.74, 6) is -0.482. The summed E-state index contributed by atoms with van der Waals surface area (Å²) < 4.78 is 13.1. The zero-order valence-corrected chi connectivity index (χ0v) is 7.98. The van der Waals surface area contributed by atoms with Crippen LogP contribution in [0.4, 0.5) is 4.39 Å². The van der Waals surface area contributed by atoms with Crippen LogP contribution in [0.15, 0.2) is 48.5 Å². The average molecular weight is 200 g/mol. The van der Waals surface area contributed by atoms with Gasteiger partial charge in [-0.25, -0.2) is 4.39 Å². The maximum Gasteiger partial charge on any atom is 0.153 e. The van der Waals surface area contributed by atoms with Gasteiger partial charge in [0.2, 0.25) is 0 Å². The third-order valence-electron chi connectivity index (χ3n) is 2.23. The van der Waals surface area contributed by atoms with Crippen LogP contribution in [-0.4, -0.2) is 6.29 Å². The maximum atomic E-state index is 13.1. The van der Waals surface area contributed by atoms with E-state index in [0.29, 0.717) is 6.29 Å². The van der Waals surface area contributed by atoms with E-state index in [2.05, 4.69) is 0 Å². The Kier molecular flexibility index (Phi) is 2.59. The first-order chi connectivity index (χ1) is 7.31. The molecule has 0 bridgehead atoms. The van der Waals surface area contributed by atoms with Gasteiger partial charge in [0.1, 0.15) is 5.82 Å². The van der Waals surface area contributed by atoms with Crippen molar-refractivity contribution in [2.45, 2.75) is 0 Å². The molecule has 2 aromatic rings. The molecule has 2 aromatic carbocycles. The first kappa shape index (κ1) is 9.59. The number of aldehydes is 1. The summed E-state index contributed by atoms with van der Waals surface area (Å²) in [6.07, 6.45) is 0.530. The van der Waals surface area contributed by atoms with Crippen LogP contribution in [-0.2, 0) is 0 Å². The first-order valence-electron chi connectivity index (χ1n) is 4.61. The van der Waals surface area contributed by atoms with Gasteiger partial charge in [0.25, 0.3) is 0 Å². The molecule has 2 rings (SSSR count). The Balaban J connectivity index is 2.51. The predicted molar refractivity (Wildman–Crippen MR) is 57.2 cm³/mol. The summed E-state index contributed by atoms with van der Waals surface area (Å²) in [4.78, 5) is 10.6. The van der Waals surface area contributed by atoms with Crippen LogP contribution in [0, 0.1) is 5.82 Å². The Morgan fingerprint density at radius 2 is 1.67 bits per heavy atom. The molecule has 15 heavy (non-hydrogen) atoms. The third kappa shape index (κ3) is 1.94. The van der Waals surface area contributed by atoms with Gasteiger partial charge >= 0.3 is 0 Å². The van der Waals surface area contributed by atoms with E-state index in [4.69, 9.17) is 0 Å². The highest BCUT2D eigenvalue weighted by Crippen LogP contribution is 2.20. The van der Waals surface area contributed by atoms with Gasteiger partial charge in [-0.05, 0) is 23.3 Å². The van der Waals surface area contributed by atoms with Gasteiger partial charge < -0.3 is 0 Å². The van der Waals surface area contributed by atoms with Crippen LogP contribution >= 0.6 is 0 Å². The van der Waals surface area contributed by atoms with E-state index in [9.17, 15) is 9.18 Å². The second-order valence-corrected chi connectivity index (χ2v) is 3.22. The van der Waals surface area contributed by atoms with Gasteiger partial charge in [0.05, 0.1) is 5.56 Å². The number of halogens is 1. The lowest BCUT2D eigenvalue weighted by Gasteiger charge is -2.02. The van der Waals surface area contributed by atoms with Crippen LogP contribution in [0.2, 0.25) is 0 Å². The molecule has 0 saturated carbocycles. The van der Waals surface area contributed by atoms with E-state index >= 15 is 0 Å². The fraction of sp³-hybridized carbons (Fsp3) is 0. The van der Waals surface area contributed by atoms with Crippen molar-refractivity contribution in [1.29, 1.82) is 0 Å². The minimum atomic E-state index is -0.482. The minimum absolute atomic E-state index is 0.0938. The van der Waals surface area contributed by atoms with Gasteiger partial charge in [-0.1, -0.05) is 36.4 Å². The number of carbonyl (C=O) groups excluding carboxylic acids is 1. The Morgan fingerprint density at radius 1 is 0.933 bits per heavy atom. The van der Waals surface area contributed by atoms with Crippen molar-refractivity contribution in [1.82, 2.24) is 0 Å². The molecule has 0 aliphatic heterocycles.